The molecule has 1 aromatic heterocycles. The second kappa shape index (κ2) is 9.41. The van der Waals surface area contributed by atoms with Gasteiger partial charge in [-0.15, -0.1) is 24.0 Å². The Labute approximate surface area is 163 Å². The lowest BCUT2D eigenvalue weighted by Crippen LogP contribution is -2.36. The minimum atomic E-state index is -0.241. The number of hydrogen-bond donors (Lipinski definition) is 2. The van der Waals surface area contributed by atoms with E-state index in [9.17, 15) is 4.39 Å². The third-order valence-electron chi connectivity index (χ3n) is 3.62. The molecule has 4 nitrogen and oxygen atoms in total. The number of nitrogens with one attached hydrogen (secondary N) is 2. The van der Waals surface area contributed by atoms with Crippen LogP contribution in [0.2, 0.25) is 0 Å². The zero-order valence-corrected chi connectivity index (χ0v) is 16.3. The van der Waals surface area contributed by atoms with Crippen molar-refractivity contribution in [2.75, 3.05) is 6.54 Å². The molecule has 0 atom stereocenters. The van der Waals surface area contributed by atoms with Crippen LogP contribution in [0.15, 0.2) is 64.0 Å². The zero-order chi connectivity index (χ0) is 16.8. The molecule has 0 aliphatic heterocycles. The molecule has 0 bridgehead atoms. The van der Waals surface area contributed by atoms with Gasteiger partial charge in [0, 0.05) is 17.5 Å². The van der Waals surface area contributed by atoms with Crippen LogP contribution in [-0.4, -0.2) is 12.5 Å². The predicted molar refractivity (Wildman–Crippen MR) is 110 cm³/mol. The molecule has 6 heteroatoms. The first kappa shape index (κ1) is 19.2. The summed E-state index contributed by atoms with van der Waals surface area (Å²) in [4.78, 5) is 4.43. The smallest absolute Gasteiger partial charge is 0.191 e. The van der Waals surface area contributed by atoms with Gasteiger partial charge in [0.15, 0.2) is 5.96 Å². The summed E-state index contributed by atoms with van der Waals surface area (Å²) >= 11 is 0. The van der Waals surface area contributed by atoms with E-state index in [2.05, 4.69) is 15.6 Å². The fourth-order valence-electron chi connectivity index (χ4n) is 2.43. The fraction of sp³-hybridized carbons (Fsp3) is 0.211. The molecule has 2 aromatic carbocycles. The van der Waals surface area contributed by atoms with Crippen LogP contribution >= 0.6 is 24.0 Å². The Morgan fingerprint density at radius 2 is 1.84 bits per heavy atom. The minimum Gasteiger partial charge on any atom is -0.459 e. The van der Waals surface area contributed by atoms with Gasteiger partial charge >= 0.3 is 0 Å². The highest BCUT2D eigenvalue weighted by Crippen LogP contribution is 2.18. The van der Waals surface area contributed by atoms with E-state index in [4.69, 9.17) is 4.42 Å². The van der Waals surface area contributed by atoms with Crippen molar-refractivity contribution >= 4 is 40.9 Å². The quantitative estimate of drug-likeness (QED) is 0.341. The molecule has 0 radical (unpaired) electrons. The van der Waals surface area contributed by atoms with Crippen molar-refractivity contribution < 1.29 is 8.81 Å². The first-order valence-electron chi connectivity index (χ1n) is 7.99. The van der Waals surface area contributed by atoms with Crippen molar-refractivity contribution in [1.29, 1.82) is 0 Å². The second-order valence-corrected chi connectivity index (χ2v) is 5.39. The number of guanidine groups is 1. The largest absolute Gasteiger partial charge is 0.459 e. The number of halogens is 2. The number of furan rings is 1. The molecule has 3 rings (SSSR count). The number of benzene rings is 2. The maximum atomic E-state index is 13.7. The van der Waals surface area contributed by atoms with Crippen molar-refractivity contribution in [3.63, 3.8) is 0 Å². The first-order valence-corrected chi connectivity index (χ1v) is 7.99. The van der Waals surface area contributed by atoms with Gasteiger partial charge in [-0.1, -0.05) is 36.4 Å². The lowest BCUT2D eigenvalue weighted by atomic mass is 10.2. The second-order valence-electron chi connectivity index (χ2n) is 5.39. The average Bonchev–Trinajstić information content (AvgIpc) is 3.01. The van der Waals surface area contributed by atoms with E-state index in [1.54, 1.807) is 12.1 Å². The van der Waals surface area contributed by atoms with E-state index < -0.39 is 0 Å². The van der Waals surface area contributed by atoms with Crippen molar-refractivity contribution in [3.8, 4) is 0 Å². The summed E-state index contributed by atoms with van der Waals surface area (Å²) in [5.74, 6) is 1.21. The molecule has 0 aliphatic carbocycles. The van der Waals surface area contributed by atoms with Crippen LogP contribution in [0.5, 0.6) is 0 Å². The average molecular weight is 453 g/mol. The fourth-order valence-corrected chi connectivity index (χ4v) is 2.43. The van der Waals surface area contributed by atoms with Gasteiger partial charge < -0.3 is 15.1 Å². The maximum absolute atomic E-state index is 13.7. The van der Waals surface area contributed by atoms with Gasteiger partial charge in [0.2, 0.25) is 0 Å². The van der Waals surface area contributed by atoms with Crippen LogP contribution in [0, 0.1) is 5.82 Å². The molecule has 0 fully saturated rings. The Kier molecular flexibility index (Phi) is 7.24. The Morgan fingerprint density at radius 1 is 1.08 bits per heavy atom. The summed E-state index contributed by atoms with van der Waals surface area (Å²) in [7, 11) is 0. The summed E-state index contributed by atoms with van der Waals surface area (Å²) in [6.07, 6.45) is 0. The summed E-state index contributed by atoms with van der Waals surface area (Å²) in [5, 5.41) is 7.43. The topological polar surface area (TPSA) is 49.6 Å². The monoisotopic (exact) mass is 453 g/mol. The SMILES string of the molecule is CCNC(=NCc1ccccc1F)NCc1cc2ccccc2o1.I. The highest BCUT2D eigenvalue weighted by Gasteiger charge is 2.05. The van der Waals surface area contributed by atoms with Crippen molar-refractivity contribution in [3.05, 3.63) is 71.7 Å². The number of aliphatic imine (C=N–C) groups is 1. The summed E-state index contributed by atoms with van der Waals surface area (Å²) in [6, 6.07) is 16.5. The first-order chi connectivity index (χ1) is 11.8. The zero-order valence-electron chi connectivity index (χ0n) is 14.0. The molecule has 0 aliphatic rings. The molecule has 0 saturated heterocycles. The molecule has 132 valence electrons. The number of hydrogen-bond acceptors (Lipinski definition) is 2. The van der Waals surface area contributed by atoms with Gasteiger partial charge in [0.05, 0.1) is 13.1 Å². The number of rotatable bonds is 5. The van der Waals surface area contributed by atoms with Gasteiger partial charge in [-0.25, -0.2) is 9.38 Å². The van der Waals surface area contributed by atoms with Crippen LogP contribution in [0.3, 0.4) is 0 Å². The van der Waals surface area contributed by atoms with Gasteiger partial charge in [-0.3, -0.25) is 0 Å². The van der Waals surface area contributed by atoms with Gasteiger partial charge in [0.25, 0.3) is 0 Å². The van der Waals surface area contributed by atoms with Gasteiger partial charge in [0.1, 0.15) is 17.2 Å². The molecule has 0 amide bonds. The van der Waals surface area contributed by atoms with Crippen LogP contribution < -0.4 is 10.6 Å². The number of nitrogens with zero attached hydrogens (tertiary/aromatic N) is 1. The number of para-hydroxylation sites is 1. The van der Waals surface area contributed by atoms with Crippen molar-refractivity contribution in [2.24, 2.45) is 4.99 Å². The molecule has 25 heavy (non-hydrogen) atoms. The molecule has 1 heterocycles. The summed E-state index contributed by atoms with van der Waals surface area (Å²) < 4.78 is 19.4. The normalized spacial score (nSPS) is 11.2. The molecule has 2 N–H and O–H groups in total. The number of fused-ring (bicyclic) bond motifs is 1. The minimum absolute atomic E-state index is 0. The molecule has 0 saturated carbocycles. The lowest BCUT2D eigenvalue weighted by molar-refractivity contribution is 0.538. The highest BCUT2D eigenvalue weighted by molar-refractivity contribution is 14.0. The molecular formula is C19H21FIN3O. The third kappa shape index (κ3) is 5.19. The predicted octanol–water partition coefficient (Wildman–Crippen LogP) is 4.45. The molecule has 3 aromatic rings. The van der Waals surface area contributed by atoms with E-state index in [1.165, 1.54) is 6.07 Å². The molecular weight excluding hydrogens is 432 g/mol. The van der Waals surface area contributed by atoms with Gasteiger partial charge in [-0.05, 0) is 25.1 Å². The molecule has 0 unspecified atom stereocenters. The van der Waals surface area contributed by atoms with E-state index >= 15 is 0 Å². The standard InChI is InChI=1S/C19H20FN3O.HI/c1-2-21-19(22-12-15-8-3-5-9-17(15)20)23-13-16-11-14-7-4-6-10-18(14)24-16;/h3-11H,2,12-13H2,1H3,(H2,21,22,23);1H. The van der Waals surface area contributed by atoms with E-state index in [0.717, 1.165) is 23.3 Å². The molecule has 0 spiro atoms. The van der Waals surface area contributed by atoms with Crippen molar-refractivity contribution in [2.45, 2.75) is 20.0 Å². The summed E-state index contributed by atoms with van der Waals surface area (Å²) in [5.41, 5.74) is 1.43. The Morgan fingerprint density at radius 3 is 2.60 bits per heavy atom. The van der Waals surface area contributed by atoms with Gasteiger partial charge in [-0.2, -0.15) is 0 Å². The van der Waals surface area contributed by atoms with E-state index in [1.807, 2.05) is 43.3 Å². The Balaban J connectivity index is 0.00000225. The van der Waals surface area contributed by atoms with Crippen molar-refractivity contribution in [1.82, 2.24) is 10.6 Å². The third-order valence-corrected chi connectivity index (χ3v) is 3.62. The van der Waals surface area contributed by atoms with E-state index in [0.29, 0.717) is 18.1 Å². The maximum Gasteiger partial charge on any atom is 0.191 e. The highest BCUT2D eigenvalue weighted by atomic mass is 127. The van der Waals surface area contributed by atoms with Crippen LogP contribution in [0.25, 0.3) is 11.0 Å². The van der Waals surface area contributed by atoms with E-state index in [-0.39, 0.29) is 36.3 Å². The lowest BCUT2D eigenvalue weighted by Gasteiger charge is -2.10. The summed E-state index contributed by atoms with van der Waals surface area (Å²) in [6.45, 7) is 3.50. The van der Waals surface area contributed by atoms with Crippen LogP contribution in [-0.2, 0) is 13.1 Å². The Bertz CT molecular complexity index is 814. The Hall–Kier alpha value is -2.09. The van der Waals surface area contributed by atoms with Crippen LogP contribution in [0.4, 0.5) is 4.39 Å². The van der Waals surface area contributed by atoms with Crippen LogP contribution in [0.1, 0.15) is 18.2 Å².